The van der Waals surface area contributed by atoms with Gasteiger partial charge in [-0.15, -0.1) is 0 Å². The molecule has 0 aliphatic carbocycles. The maximum Gasteiger partial charge on any atom is 0.416 e. The van der Waals surface area contributed by atoms with Gasteiger partial charge in [-0.1, -0.05) is 11.6 Å². The zero-order valence-electron chi connectivity index (χ0n) is 12.3. The van der Waals surface area contributed by atoms with Crippen LogP contribution in [-0.4, -0.2) is 34.0 Å². The first kappa shape index (κ1) is 17.3. The van der Waals surface area contributed by atoms with Crippen molar-refractivity contribution in [1.82, 2.24) is 14.5 Å². The number of alkyl halides is 3. The number of benzene rings is 1. The van der Waals surface area contributed by atoms with Crippen LogP contribution in [-0.2, 0) is 12.7 Å². The van der Waals surface area contributed by atoms with E-state index < -0.39 is 17.6 Å². The van der Waals surface area contributed by atoms with Gasteiger partial charge in [0.2, 0.25) is 0 Å². The highest BCUT2D eigenvalue weighted by Crippen LogP contribution is 2.32. The van der Waals surface area contributed by atoms with Gasteiger partial charge in [-0.3, -0.25) is 4.79 Å². The summed E-state index contributed by atoms with van der Waals surface area (Å²) < 4.78 is 40.2. The maximum atomic E-state index is 12.8. The van der Waals surface area contributed by atoms with Crippen molar-refractivity contribution in [2.75, 3.05) is 13.6 Å². The molecule has 0 radical (unpaired) electrons. The third kappa shape index (κ3) is 4.72. The number of aromatic nitrogens is 2. The van der Waals surface area contributed by atoms with Gasteiger partial charge in [0, 0.05) is 43.1 Å². The molecule has 1 heterocycles. The molecule has 0 bridgehead atoms. The Labute approximate surface area is 136 Å². The monoisotopic (exact) mass is 345 g/mol. The minimum Gasteiger partial charge on any atom is -0.342 e. The molecule has 0 atom stereocenters. The Balaban J connectivity index is 2.02. The highest BCUT2D eigenvalue weighted by molar-refractivity contribution is 6.31. The molecule has 0 fully saturated rings. The largest absolute Gasteiger partial charge is 0.416 e. The molecule has 0 unspecified atom stereocenters. The number of hydrogen-bond donors (Lipinski definition) is 0. The van der Waals surface area contributed by atoms with Crippen molar-refractivity contribution in [1.29, 1.82) is 0 Å². The number of imidazole rings is 1. The van der Waals surface area contributed by atoms with Crippen LogP contribution in [0.4, 0.5) is 13.2 Å². The van der Waals surface area contributed by atoms with Crippen LogP contribution in [0.1, 0.15) is 22.3 Å². The Hall–Kier alpha value is -2.02. The van der Waals surface area contributed by atoms with E-state index in [0.29, 0.717) is 19.5 Å². The smallest absolute Gasteiger partial charge is 0.342 e. The Morgan fingerprint density at radius 3 is 2.70 bits per heavy atom. The van der Waals surface area contributed by atoms with E-state index in [1.165, 1.54) is 11.0 Å². The first-order chi connectivity index (χ1) is 10.8. The molecule has 0 saturated heterocycles. The first-order valence-corrected chi connectivity index (χ1v) is 7.24. The summed E-state index contributed by atoms with van der Waals surface area (Å²) in [7, 11) is 1.55. The Kier molecular flexibility index (Phi) is 5.30. The summed E-state index contributed by atoms with van der Waals surface area (Å²) in [5.74, 6) is -0.497. The minimum absolute atomic E-state index is 0.0741. The van der Waals surface area contributed by atoms with Crippen molar-refractivity contribution < 1.29 is 18.0 Å². The van der Waals surface area contributed by atoms with E-state index in [-0.39, 0.29) is 10.6 Å². The fraction of sp³-hybridized carbons (Fsp3) is 0.333. The number of hydrogen-bond acceptors (Lipinski definition) is 2. The van der Waals surface area contributed by atoms with Gasteiger partial charge in [0.15, 0.2) is 0 Å². The number of carbonyl (C=O) groups is 1. The molecule has 2 aromatic rings. The Morgan fingerprint density at radius 2 is 2.09 bits per heavy atom. The second-order valence-electron chi connectivity index (χ2n) is 5.11. The summed E-state index contributed by atoms with van der Waals surface area (Å²) in [4.78, 5) is 17.5. The number of amides is 1. The second kappa shape index (κ2) is 7.04. The van der Waals surface area contributed by atoms with Crippen LogP contribution in [0.5, 0.6) is 0 Å². The van der Waals surface area contributed by atoms with Crippen LogP contribution in [0.15, 0.2) is 36.9 Å². The quantitative estimate of drug-likeness (QED) is 0.828. The third-order valence-corrected chi connectivity index (χ3v) is 3.51. The van der Waals surface area contributed by atoms with Crippen molar-refractivity contribution >= 4 is 17.5 Å². The number of aryl methyl sites for hydroxylation is 1. The van der Waals surface area contributed by atoms with E-state index in [1.807, 2.05) is 4.57 Å². The summed E-state index contributed by atoms with van der Waals surface area (Å²) in [5.41, 5.74) is -1.00. The number of rotatable bonds is 5. The number of halogens is 4. The molecule has 0 aliphatic heterocycles. The van der Waals surface area contributed by atoms with Crippen LogP contribution in [0.25, 0.3) is 0 Å². The van der Waals surface area contributed by atoms with Crippen LogP contribution in [0.2, 0.25) is 5.02 Å². The highest BCUT2D eigenvalue weighted by Gasteiger charge is 2.32. The molecule has 0 spiro atoms. The Morgan fingerprint density at radius 1 is 1.35 bits per heavy atom. The van der Waals surface area contributed by atoms with Crippen molar-refractivity contribution in [2.45, 2.75) is 19.1 Å². The lowest BCUT2D eigenvalue weighted by molar-refractivity contribution is -0.137. The molecular formula is C15H15ClF3N3O. The third-order valence-electron chi connectivity index (χ3n) is 3.29. The zero-order chi connectivity index (χ0) is 17.0. The molecule has 2 rings (SSSR count). The van der Waals surface area contributed by atoms with Gasteiger partial charge >= 0.3 is 6.18 Å². The van der Waals surface area contributed by atoms with Crippen LogP contribution in [0.3, 0.4) is 0 Å². The average Bonchev–Trinajstić information content (AvgIpc) is 2.98. The zero-order valence-corrected chi connectivity index (χ0v) is 13.1. The molecule has 1 amide bonds. The predicted molar refractivity (Wildman–Crippen MR) is 80.3 cm³/mol. The highest BCUT2D eigenvalue weighted by atomic mass is 35.5. The van der Waals surface area contributed by atoms with E-state index in [0.717, 1.165) is 12.1 Å². The van der Waals surface area contributed by atoms with Crippen LogP contribution >= 0.6 is 11.6 Å². The standard InChI is InChI=1S/C15H15ClF3N3O/c1-21(4-2-5-22-6-3-20-10-22)14(23)11-7-12(15(17,18)19)9-13(16)8-11/h3,6-10H,2,4-5H2,1H3. The molecule has 0 saturated carbocycles. The van der Waals surface area contributed by atoms with Crippen LogP contribution < -0.4 is 0 Å². The lowest BCUT2D eigenvalue weighted by Crippen LogP contribution is -2.28. The summed E-state index contributed by atoms with van der Waals surface area (Å²) in [6.45, 7) is 1.08. The number of nitrogens with zero attached hydrogens (tertiary/aromatic N) is 3. The SMILES string of the molecule is CN(CCCn1ccnc1)C(=O)c1cc(Cl)cc(C(F)(F)F)c1. The lowest BCUT2D eigenvalue weighted by atomic mass is 10.1. The summed E-state index contributed by atoms with van der Waals surface area (Å²) in [5, 5.41) is -0.116. The van der Waals surface area contributed by atoms with Gasteiger partial charge in [-0.05, 0) is 24.6 Å². The summed E-state index contributed by atoms with van der Waals surface area (Å²) >= 11 is 5.70. The predicted octanol–water partition coefficient (Wildman–Crippen LogP) is 3.72. The van der Waals surface area contributed by atoms with E-state index in [2.05, 4.69) is 4.98 Å². The fourth-order valence-electron chi connectivity index (χ4n) is 2.11. The average molecular weight is 346 g/mol. The molecular weight excluding hydrogens is 331 g/mol. The normalized spacial score (nSPS) is 11.5. The Bertz CT molecular complexity index is 671. The van der Waals surface area contributed by atoms with Gasteiger partial charge in [-0.2, -0.15) is 13.2 Å². The van der Waals surface area contributed by atoms with E-state index >= 15 is 0 Å². The van der Waals surface area contributed by atoms with Gasteiger partial charge < -0.3 is 9.47 Å². The molecule has 124 valence electrons. The van der Waals surface area contributed by atoms with Gasteiger partial charge in [0.25, 0.3) is 5.91 Å². The topological polar surface area (TPSA) is 38.1 Å². The van der Waals surface area contributed by atoms with Gasteiger partial charge in [-0.25, -0.2) is 4.98 Å². The molecule has 23 heavy (non-hydrogen) atoms. The van der Waals surface area contributed by atoms with E-state index in [4.69, 9.17) is 11.6 Å². The molecule has 0 N–H and O–H groups in total. The fourth-order valence-corrected chi connectivity index (χ4v) is 2.34. The number of carbonyl (C=O) groups excluding carboxylic acids is 1. The minimum atomic E-state index is -4.54. The van der Waals surface area contributed by atoms with E-state index in [1.54, 1.807) is 25.8 Å². The molecule has 1 aromatic carbocycles. The van der Waals surface area contributed by atoms with Crippen molar-refractivity contribution in [3.8, 4) is 0 Å². The lowest BCUT2D eigenvalue weighted by Gasteiger charge is -2.18. The van der Waals surface area contributed by atoms with E-state index in [9.17, 15) is 18.0 Å². The maximum absolute atomic E-state index is 12.8. The molecule has 4 nitrogen and oxygen atoms in total. The van der Waals surface area contributed by atoms with Crippen molar-refractivity contribution in [3.63, 3.8) is 0 Å². The summed E-state index contributed by atoms with van der Waals surface area (Å²) in [6.07, 6.45) is 1.23. The second-order valence-corrected chi connectivity index (χ2v) is 5.54. The van der Waals surface area contributed by atoms with Crippen molar-refractivity contribution in [3.05, 3.63) is 53.1 Å². The first-order valence-electron chi connectivity index (χ1n) is 6.86. The molecule has 1 aromatic heterocycles. The van der Waals surface area contributed by atoms with Gasteiger partial charge in [0.05, 0.1) is 11.9 Å². The van der Waals surface area contributed by atoms with Crippen molar-refractivity contribution in [2.24, 2.45) is 0 Å². The molecule has 0 aliphatic rings. The van der Waals surface area contributed by atoms with Gasteiger partial charge in [0.1, 0.15) is 0 Å². The molecule has 8 heteroatoms. The summed E-state index contributed by atoms with van der Waals surface area (Å²) in [6, 6.07) is 2.86. The van der Waals surface area contributed by atoms with Crippen LogP contribution in [0, 0.1) is 0 Å².